The molecular formula is C20H25N3O. The van der Waals surface area contributed by atoms with Gasteiger partial charge >= 0.3 is 0 Å². The number of carbonyl (C=O) groups excluding carboxylic acids is 1. The van der Waals surface area contributed by atoms with Gasteiger partial charge in [0.1, 0.15) is 0 Å². The van der Waals surface area contributed by atoms with Crippen molar-refractivity contribution in [2.45, 2.75) is 38.1 Å². The van der Waals surface area contributed by atoms with Crippen molar-refractivity contribution in [3.8, 4) is 0 Å². The van der Waals surface area contributed by atoms with Crippen LogP contribution in [0.25, 0.3) is 10.9 Å². The number of hydrogen-bond acceptors (Lipinski definition) is 3. The van der Waals surface area contributed by atoms with Crippen molar-refractivity contribution in [3.05, 3.63) is 36.5 Å². The lowest BCUT2D eigenvalue weighted by Crippen LogP contribution is -2.48. The zero-order valence-electron chi connectivity index (χ0n) is 14.3. The van der Waals surface area contributed by atoms with Crippen LogP contribution in [0.3, 0.4) is 0 Å². The molecule has 2 aromatic rings. The van der Waals surface area contributed by atoms with Crippen LogP contribution in [-0.4, -0.2) is 42.0 Å². The van der Waals surface area contributed by atoms with Crippen molar-refractivity contribution < 1.29 is 4.79 Å². The molecule has 2 heterocycles. The Morgan fingerprint density at radius 1 is 1.12 bits per heavy atom. The highest BCUT2D eigenvalue weighted by Gasteiger charge is 2.32. The minimum Gasteiger partial charge on any atom is -0.371 e. The number of amides is 1. The Bertz CT molecular complexity index is 727. The molecule has 1 amide bonds. The van der Waals surface area contributed by atoms with Crippen molar-refractivity contribution in [1.29, 1.82) is 0 Å². The van der Waals surface area contributed by atoms with E-state index in [9.17, 15) is 4.79 Å². The third-order valence-electron chi connectivity index (χ3n) is 5.78. The summed E-state index contributed by atoms with van der Waals surface area (Å²) < 4.78 is 0. The second kappa shape index (κ2) is 6.42. The highest BCUT2D eigenvalue weighted by Crippen LogP contribution is 2.31. The van der Waals surface area contributed by atoms with Gasteiger partial charge in [0.2, 0.25) is 5.91 Å². The Hall–Kier alpha value is -2.10. The van der Waals surface area contributed by atoms with Crippen LogP contribution < -0.4 is 4.90 Å². The summed E-state index contributed by atoms with van der Waals surface area (Å²) in [5.74, 6) is 0.672. The first-order valence-electron chi connectivity index (χ1n) is 9.09. The molecule has 24 heavy (non-hydrogen) atoms. The number of piperidine rings is 1. The fraction of sp³-hybridized carbons (Fsp3) is 0.500. The Morgan fingerprint density at radius 2 is 1.88 bits per heavy atom. The largest absolute Gasteiger partial charge is 0.371 e. The zero-order valence-corrected chi connectivity index (χ0v) is 14.3. The van der Waals surface area contributed by atoms with Crippen molar-refractivity contribution >= 4 is 22.5 Å². The fourth-order valence-electron chi connectivity index (χ4n) is 3.97. The minimum atomic E-state index is 0.303. The highest BCUT2D eigenvalue weighted by atomic mass is 16.2. The van der Waals surface area contributed by atoms with Crippen molar-refractivity contribution in [2.75, 3.05) is 25.0 Å². The van der Waals surface area contributed by atoms with Gasteiger partial charge in [-0.1, -0.05) is 24.6 Å². The van der Waals surface area contributed by atoms with E-state index in [4.69, 9.17) is 0 Å². The van der Waals surface area contributed by atoms with E-state index in [1.807, 2.05) is 24.2 Å². The summed E-state index contributed by atoms with van der Waals surface area (Å²) in [4.78, 5) is 21.4. The van der Waals surface area contributed by atoms with E-state index < -0.39 is 0 Å². The number of benzene rings is 1. The van der Waals surface area contributed by atoms with E-state index in [-0.39, 0.29) is 0 Å². The van der Waals surface area contributed by atoms with Crippen LogP contribution in [0, 0.1) is 5.92 Å². The van der Waals surface area contributed by atoms with Gasteiger partial charge in [0.25, 0.3) is 0 Å². The number of hydrogen-bond donors (Lipinski definition) is 0. The summed E-state index contributed by atoms with van der Waals surface area (Å²) in [7, 11) is 2.00. The molecule has 1 aliphatic heterocycles. The van der Waals surface area contributed by atoms with E-state index in [1.54, 1.807) is 0 Å². The molecule has 2 aliphatic rings. The number of aromatic nitrogens is 1. The maximum Gasteiger partial charge on any atom is 0.225 e. The Balaban J connectivity index is 1.45. The van der Waals surface area contributed by atoms with Gasteiger partial charge in [-0.25, -0.2) is 0 Å². The molecule has 4 nitrogen and oxygen atoms in total. The van der Waals surface area contributed by atoms with E-state index in [2.05, 4.69) is 34.1 Å². The van der Waals surface area contributed by atoms with Crippen LogP contribution in [0.4, 0.5) is 5.69 Å². The first-order chi connectivity index (χ1) is 11.7. The zero-order chi connectivity index (χ0) is 16.5. The van der Waals surface area contributed by atoms with E-state index in [1.165, 1.54) is 17.5 Å². The number of para-hydroxylation sites is 1. The lowest BCUT2D eigenvalue weighted by atomic mass is 9.84. The van der Waals surface area contributed by atoms with Crippen LogP contribution in [0.1, 0.15) is 32.1 Å². The van der Waals surface area contributed by atoms with Gasteiger partial charge in [-0.2, -0.15) is 0 Å². The summed E-state index contributed by atoms with van der Waals surface area (Å²) in [6.45, 7) is 2.00. The average molecular weight is 323 g/mol. The summed E-state index contributed by atoms with van der Waals surface area (Å²) in [6.07, 6.45) is 7.39. The van der Waals surface area contributed by atoms with Crippen LogP contribution in [-0.2, 0) is 4.79 Å². The quantitative estimate of drug-likeness (QED) is 0.868. The molecule has 1 aromatic carbocycles. The molecule has 1 saturated heterocycles. The molecule has 0 N–H and O–H groups in total. The topological polar surface area (TPSA) is 36.4 Å². The number of anilines is 1. The Labute approximate surface area is 143 Å². The molecule has 4 heteroatoms. The summed E-state index contributed by atoms with van der Waals surface area (Å²) in [5, 5.41) is 1.22. The van der Waals surface area contributed by atoms with Crippen LogP contribution in [0.5, 0.6) is 0 Å². The maximum absolute atomic E-state index is 12.5. The molecular weight excluding hydrogens is 298 g/mol. The molecule has 0 atom stereocenters. The molecule has 1 aliphatic carbocycles. The number of carbonyl (C=O) groups is 1. The van der Waals surface area contributed by atoms with Crippen molar-refractivity contribution in [2.24, 2.45) is 5.92 Å². The third kappa shape index (κ3) is 2.74. The van der Waals surface area contributed by atoms with Crippen LogP contribution in [0.15, 0.2) is 36.5 Å². The number of pyridine rings is 1. The lowest BCUT2D eigenvalue weighted by molar-refractivity contribution is -0.139. The normalized spacial score (nSPS) is 19.3. The van der Waals surface area contributed by atoms with Gasteiger partial charge in [-0.05, 0) is 37.8 Å². The molecule has 0 unspecified atom stereocenters. The van der Waals surface area contributed by atoms with E-state index in [0.717, 1.165) is 44.3 Å². The van der Waals surface area contributed by atoms with Gasteiger partial charge in [0.05, 0.1) is 5.52 Å². The van der Waals surface area contributed by atoms with Gasteiger partial charge < -0.3 is 9.80 Å². The van der Waals surface area contributed by atoms with Gasteiger partial charge in [0, 0.05) is 49.4 Å². The Morgan fingerprint density at radius 3 is 2.58 bits per heavy atom. The van der Waals surface area contributed by atoms with E-state index in [0.29, 0.717) is 17.9 Å². The van der Waals surface area contributed by atoms with Gasteiger partial charge in [-0.15, -0.1) is 0 Å². The first kappa shape index (κ1) is 15.4. The summed E-state index contributed by atoms with van der Waals surface area (Å²) >= 11 is 0. The van der Waals surface area contributed by atoms with Crippen molar-refractivity contribution in [1.82, 2.24) is 9.88 Å². The molecule has 2 fully saturated rings. The third-order valence-corrected chi connectivity index (χ3v) is 5.78. The monoisotopic (exact) mass is 323 g/mol. The summed E-state index contributed by atoms with van der Waals surface area (Å²) in [5.41, 5.74) is 2.32. The molecule has 1 saturated carbocycles. The number of rotatable bonds is 3. The minimum absolute atomic E-state index is 0.303. The Kier molecular flexibility index (Phi) is 4.13. The number of nitrogens with zero attached hydrogens (tertiary/aromatic N) is 3. The summed E-state index contributed by atoms with van der Waals surface area (Å²) in [6, 6.07) is 10.8. The number of fused-ring (bicyclic) bond motifs is 1. The smallest absolute Gasteiger partial charge is 0.225 e. The fourth-order valence-corrected chi connectivity index (χ4v) is 3.97. The van der Waals surface area contributed by atoms with Crippen LogP contribution in [0.2, 0.25) is 0 Å². The molecule has 4 rings (SSSR count). The molecule has 0 radical (unpaired) electrons. The lowest BCUT2D eigenvalue weighted by Gasteiger charge is -2.40. The first-order valence-corrected chi connectivity index (χ1v) is 9.09. The van der Waals surface area contributed by atoms with Crippen molar-refractivity contribution in [3.63, 3.8) is 0 Å². The SMILES string of the molecule is CN(C(=O)C1CCC1)C1CCN(c2ccnc3ccccc23)CC1. The maximum atomic E-state index is 12.5. The second-order valence-electron chi connectivity index (χ2n) is 7.14. The highest BCUT2D eigenvalue weighted by molar-refractivity contribution is 5.91. The van der Waals surface area contributed by atoms with Gasteiger partial charge in [0.15, 0.2) is 0 Å². The second-order valence-corrected chi connectivity index (χ2v) is 7.14. The molecule has 1 aromatic heterocycles. The predicted molar refractivity (Wildman–Crippen MR) is 97.1 cm³/mol. The average Bonchev–Trinajstić information content (AvgIpc) is 2.59. The molecule has 0 spiro atoms. The molecule has 126 valence electrons. The van der Waals surface area contributed by atoms with E-state index >= 15 is 0 Å². The van der Waals surface area contributed by atoms with Gasteiger partial charge in [-0.3, -0.25) is 9.78 Å². The predicted octanol–water partition coefficient (Wildman–Crippen LogP) is 3.46. The standard InChI is InChI=1S/C20H25N3O/c1-22(20(24)15-5-4-6-15)16-10-13-23(14-11-16)19-9-12-21-18-8-3-2-7-17(18)19/h2-3,7-9,12,15-16H,4-6,10-11,13-14H2,1H3. The van der Waals surface area contributed by atoms with Crippen LogP contribution >= 0.6 is 0 Å². The molecule has 0 bridgehead atoms.